The smallest absolute Gasteiger partial charge is 0.377 e. The van der Waals surface area contributed by atoms with E-state index in [9.17, 15) is 4.79 Å². The summed E-state index contributed by atoms with van der Waals surface area (Å²) in [7, 11) is 4.52. The van der Waals surface area contributed by atoms with Crippen LogP contribution in [-0.4, -0.2) is 79.1 Å². The molecular formula is C17H39NO7Si2. The lowest BCUT2D eigenvalue weighted by molar-refractivity contribution is -0.122. The van der Waals surface area contributed by atoms with Crippen LogP contribution in [-0.2, 0) is 31.4 Å². The molecule has 0 aromatic heterocycles. The van der Waals surface area contributed by atoms with Crippen LogP contribution >= 0.6 is 0 Å². The molecule has 27 heavy (non-hydrogen) atoms. The first kappa shape index (κ1) is 26.8. The zero-order valence-corrected chi connectivity index (χ0v) is 20.1. The Balaban J connectivity index is 4.20. The second-order valence-electron chi connectivity index (χ2n) is 6.32. The van der Waals surface area contributed by atoms with Gasteiger partial charge >= 0.3 is 17.6 Å². The Morgan fingerprint density at radius 1 is 0.815 bits per heavy atom. The summed E-state index contributed by atoms with van der Waals surface area (Å²) < 4.78 is 32.4. The molecule has 1 atom stereocenters. The first-order valence-electron chi connectivity index (χ1n) is 9.46. The third kappa shape index (κ3) is 9.24. The Morgan fingerprint density at radius 3 is 1.67 bits per heavy atom. The topological polar surface area (TPSA) is 84.5 Å². The Morgan fingerprint density at radius 2 is 1.26 bits per heavy atom. The normalized spacial score (nSPS) is 13.7. The zero-order chi connectivity index (χ0) is 20.8. The van der Waals surface area contributed by atoms with E-state index in [-0.39, 0.29) is 11.7 Å². The van der Waals surface area contributed by atoms with Crippen LogP contribution in [0.4, 0.5) is 0 Å². The Bertz CT molecular complexity index is 377. The standard InChI is InChI=1S/C17H39NO7Si2/c1-8-16(15-18-12-10-14-27(23-5,24-6)25-7)17(19)11-9-13-26(20-2,21-3)22-4/h16,18H,8-15H2,1-7H3. The van der Waals surface area contributed by atoms with Crippen molar-refractivity contribution in [2.45, 2.75) is 44.7 Å². The van der Waals surface area contributed by atoms with Crippen molar-refractivity contribution in [3.63, 3.8) is 0 Å². The van der Waals surface area contributed by atoms with E-state index in [0.717, 1.165) is 25.4 Å². The van der Waals surface area contributed by atoms with E-state index in [0.29, 0.717) is 25.4 Å². The maximum Gasteiger partial charge on any atom is 0.500 e. The highest BCUT2D eigenvalue weighted by molar-refractivity contribution is 6.60. The van der Waals surface area contributed by atoms with Crippen LogP contribution in [0.15, 0.2) is 0 Å². The molecule has 0 aromatic rings. The van der Waals surface area contributed by atoms with Gasteiger partial charge in [-0.2, -0.15) is 0 Å². The van der Waals surface area contributed by atoms with Crippen molar-refractivity contribution in [2.75, 3.05) is 55.7 Å². The maximum atomic E-state index is 12.5. The van der Waals surface area contributed by atoms with Crippen molar-refractivity contribution in [1.82, 2.24) is 5.32 Å². The van der Waals surface area contributed by atoms with Crippen LogP contribution in [0.3, 0.4) is 0 Å². The number of ketones is 1. The van der Waals surface area contributed by atoms with Crippen LogP contribution in [0.5, 0.6) is 0 Å². The van der Waals surface area contributed by atoms with Crippen LogP contribution < -0.4 is 5.32 Å². The highest BCUT2D eigenvalue weighted by Crippen LogP contribution is 2.18. The molecule has 0 bridgehead atoms. The average molecular weight is 426 g/mol. The molecule has 0 rings (SSSR count). The Kier molecular flexibility index (Phi) is 14.7. The predicted octanol–water partition coefficient (Wildman–Crippen LogP) is 2.10. The van der Waals surface area contributed by atoms with Crippen molar-refractivity contribution in [3.8, 4) is 0 Å². The van der Waals surface area contributed by atoms with E-state index in [1.807, 2.05) is 6.92 Å². The summed E-state index contributed by atoms with van der Waals surface area (Å²) in [4.78, 5) is 12.5. The third-order valence-corrected chi connectivity index (χ3v) is 10.6. The van der Waals surface area contributed by atoms with Gasteiger partial charge in [0.2, 0.25) is 0 Å². The van der Waals surface area contributed by atoms with Gasteiger partial charge in [0.15, 0.2) is 0 Å². The molecule has 0 aliphatic rings. The molecule has 0 heterocycles. The molecule has 0 amide bonds. The molecule has 1 N–H and O–H groups in total. The molecule has 162 valence electrons. The molecule has 10 heteroatoms. The summed E-state index contributed by atoms with van der Waals surface area (Å²) in [6.07, 6.45) is 2.91. The minimum Gasteiger partial charge on any atom is -0.377 e. The van der Waals surface area contributed by atoms with Crippen LogP contribution in [0, 0.1) is 5.92 Å². The van der Waals surface area contributed by atoms with Gasteiger partial charge in [-0.25, -0.2) is 0 Å². The summed E-state index contributed by atoms with van der Waals surface area (Å²) in [5.41, 5.74) is 0. The molecule has 0 aliphatic carbocycles. The Hall–Kier alpha value is -0.176. The number of carbonyl (C=O) groups excluding carboxylic acids is 1. The van der Waals surface area contributed by atoms with Crippen LogP contribution in [0.1, 0.15) is 32.6 Å². The number of carbonyl (C=O) groups is 1. The number of Topliss-reactive ketones (excluding diaryl/α,β-unsaturated/α-hetero) is 1. The molecule has 0 aromatic carbocycles. The lowest BCUT2D eigenvalue weighted by Crippen LogP contribution is -2.43. The highest BCUT2D eigenvalue weighted by atomic mass is 28.4. The van der Waals surface area contributed by atoms with E-state index in [1.165, 1.54) is 0 Å². The minimum absolute atomic E-state index is 0.0166. The monoisotopic (exact) mass is 425 g/mol. The van der Waals surface area contributed by atoms with E-state index in [4.69, 9.17) is 26.6 Å². The van der Waals surface area contributed by atoms with Crippen molar-refractivity contribution < 1.29 is 31.4 Å². The van der Waals surface area contributed by atoms with Gasteiger partial charge in [0, 0.05) is 73.6 Å². The van der Waals surface area contributed by atoms with Gasteiger partial charge in [0.05, 0.1) is 0 Å². The van der Waals surface area contributed by atoms with E-state index in [1.54, 1.807) is 42.7 Å². The quantitative estimate of drug-likeness (QED) is 0.264. The first-order chi connectivity index (χ1) is 12.9. The zero-order valence-electron chi connectivity index (χ0n) is 18.1. The summed E-state index contributed by atoms with van der Waals surface area (Å²) >= 11 is 0. The highest BCUT2D eigenvalue weighted by Gasteiger charge is 2.38. The molecule has 8 nitrogen and oxygen atoms in total. The SMILES string of the molecule is CCC(CNCCC[Si](OC)(OC)OC)C(=O)CCC[Si](OC)(OC)OC. The molecule has 0 aliphatic heterocycles. The summed E-state index contributed by atoms with van der Waals surface area (Å²) in [6, 6.07) is 1.38. The van der Waals surface area contributed by atoms with Crippen LogP contribution in [0.2, 0.25) is 12.1 Å². The summed E-state index contributed by atoms with van der Waals surface area (Å²) in [5.74, 6) is 0.286. The van der Waals surface area contributed by atoms with Gasteiger partial charge in [0.1, 0.15) is 5.78 Å². The second-order valence-corrected chi connectivity index (χ2v) is 12.5. The van der Waals surface area contributed by atoms with Crippen molar-refractivity contribution in [2.24, 2.45) is 5.92 Å². The molecule has 0 spiro atoms. The fourth-order valence-electron chi connectivity index (χ4n) is 2.99. The lowest BCUT2D eigenvalue weighted by atomic mass is 9.98. The molecule has 0 radical (unpaired) electrons. The molecule has 1 unspecified atom stereocenters. The van der Waals surface area contributed by atoms with Gasteiger partial charge in [0.25, 0.3) is 0 Å². The fraction of sp³-hybridized carbons (Fsp3) is 0.941. The van der Waals surface area contributed by atoms with Gasteiger partial charge in [-0.3, -0.25) is 4.79 Å². The van der Waals surface area contributed by atoms with Gasteiger partial charge < -0.3 is 31.9 Å². The van der Waals surface area contributed by atoms with Crippen molar-refractivity contribution in [3.05, 3.63) is 0 Å². The molecular weight excluding hydrogens is 386 g/mol. The second kappa shape index (κ2) is 14.8. The maximum absolute atomic E-state index is 12.5. The van der Waals surface area contributed by atoms with Crippen molar-refractivity contribution in [1.29, 1.82) is 0 Å². The summed E-state index contributed by atoms with van der Waals surface area (Å²) in [6.45, 7) is 3.52. The van der Waals surface area contributed by atoms with Crippen LogP contribution in [0.25, 0.3) is 0 Å². The van der Waals surface area contributed by atoms with Gasteiger partial charge in [-0.1, -0.05) is 6.92 Å². The Labute approximate surface area is 166 Å². The number of hydrogen-bond donors (Lipinski definition) is 1. The predicted molar refractivity (Wildman–Crippen MR) is 109 cm³/mol. The third-order valence-electron chi connectivity index (χ3n) is 4.95. The first-order valence-corrected chi connectivity index (χ1v) is 13.3. The molecule has 0 saturated carbocycles. The fourth-order valence-corrected chi connectivity index (χ4v) is 6.43. The van der Waals surface area contributed by atoms with E-state index in [2.05, 4.69) is 5.32 Å². The van der Waals surface area contributed by atoms with E-state index >= 15 is 0 Å². The number of hydrogen-bond acceptors (Lipinski definition) is 8. The van der Waals surface area contributed by atoms with Crippen molar-refractivity contribution >= 4 is 23.4 Å². The molecule has 0 saturated heterocycles. The average Bonchev–Trinajstić information content (AvgIpc) is 2.71. The largest absolute Gasteiger partial charge is 0.500 e. The summed E-state index contributed by atoms with van der Waals surface area (Å²) in [5, 5.41) is 3.37. The van der Waals surface area contributed by atoms with E-state index < -0.39 is 17.6 Å². The van der Waals surface area contributed by atoms with Gasteiger partial charge in [-0.05, 0) is 25.8 Å². The minimum atomic E-state index is -2.59. The number of nitrogens with one attached hydrogen (secondary N) is 1. The molecule has 0 fully saturated rings. The van der Waals surface area contributed by atoms with Gasteiger partial charge in [-0.15, -0.1) is 0 Å². The lowest BCUT2D eigenvalue weighted by Gasteiger charge is -2.24. The number of rotatable bonds is 18.